The molecule has 2 aliphatic heterocycles. The minimum atomic E-state index is -3.39. The molecule has 0 fully saturated rings. The number of sulfonamides is 1. The lowest BCUT2D eigenvalue weighted by Gasteiger charge is -2.28. The zero-order valence-electron chi connectivity index (χ0n) is 14.8. The standard InChI is InChI=1S/C18H21N3O4S/c1-14-4-3-5-16(12-14)25-10-8-20(2)18(22)15-6-7-17-19-26(23,24)11-9-21(17)13-15/h3-7,12-13H,8-11H2,1-2H3. The van der Waals surface area contributed by atoms with Gasteiger partial charge in [0.25, 0.3) is 15.9 Å². The van der Waals surface area contributed by atoms with Crippen molar-refractivity contribution in [1.82, 2.24) is 9.80 Å². The Labute approximate surface area is 153 Å². The van der Waals surface area contributed by atoms with Gasteiger partial charge >= 0.3 is 0 Å². The van der Waals surface area contributed by atoms with Crippen molar-refractivity contribution in [2.45, 2.75) is 6.92 Å². The predicted octanol–water partition coefficient (Wildman–Crippen LogP) is 1.33. The van der Waals surface area contributed by atoms with Crippen LogP contribution in [-0.2, 0) is 14.8 Å². The molecule has 0 saturated heterocycles. The van der Waals surface area contributed by atoms with Gasteiger partial charge in [-0.2, -0.15) is 0 Å². The summed E-state index contributed by atoms with van der Waals surface area (Å²) >= 11 is 0. The molecule has 0 N–H and O–H groups in total. The van der Waals surface area contributed by atoms with Crippen molar-refractivity contribution < 1.29 is 17.9 Å². The van der Waals surface area contributed by atoms with Crippen LogP contribution in [0.2, 0.25) is 0 Å². The number of amides is 1. The molecule has 1 amide bonds. The number of benzene rings is 1. The fourth-order valence-corrected chi connectivity index (χ4v) is 3.62. The van der Waals surface area contributed by atoms with E-state index in [2.05, 4.69) is 4.40 Å². The molecule has 0 aromatic heterocycles. The molecular weight excluding hydrogens is 354 g/mol. The van der Waals surface area contributed by atoms with Gasteiger partial charge in [0.05, 0.1) is 17.9 Å². The maximum Gasteiger partial charge on any atom is 0.256 e. The molecule has 1 aromatic carbocycles. The van der Waals surface area contributed by atoms with Crippen LogP contribution >= 0.6 is 0 Å². The zero-order valence-corrected chi connectivity index (χ0v) is 15.6. The summed E-state index contributed by atoms with van der Waals surface area (Å²) in [5, 5.41) is 0. The van der Waals surface area contributed by atoms with Gasteiger partial charge in [-0.15, -0.1) is 4.40 Å². The first-order valence-electron chi connectivity index (χ1n) is 8.28. The summed E-state index contributed by atoms with van der Waals surface area (Å²) in [6, 6.07) is 7.74. The molecule has 2 aliphatic rings. The highest BCUT2D eigenvalue weighted by Gasteiger charge is 2.25. The molecule has 2 heterocycles. The van der Waals surface area contributed by atoms with Gasteiger partial charge in [0.2, 0.25) is 0 Å². The number of likely N-dealkylation sites (N-methyl/N-ethyl adjacent to an activating group) is 1. The molecule has 138 valence electrons. The second-order valence-corrected chi connectivity index (χ2v) is 7.99. The average molecular weight is 375 g/mol. The van der Waals surface area contributed by atoms with Crippen molar-refractivity contribution in [2.24, 2.45) is 4.40 Å². The van der Waals surface area contributed by atoms with E-state index in [1.807, 2.05) is 31.2 Å². The third kappa shape index (κ3) is 4.32. The maximum absolute atomic E-state index is 12.6. The van der Waals surface area contributed by atoms with Crippen LogP contribution in [0.5, 0.6) is 5.75 Å². The Bertz CT molecular complexity index is 903. The van der Waals surface area contributed by atoms with E-state index >= 15 is 0 Å². The minimum absolute atomic E-state index is 0.0531. The van der Waals surface area contributed by atoms with Gasteiger partial charge in [-0.1, -0.05) is 12.1 Å². The number of carbonyl (C=O) groups is 1. The molecule has 0 spiro atoms. The number of carbonyl (C=O) groups excluding carboxylic acids is 1. The van der Waals surface area contributed by atoms with Crippen LogP contribution < -0.4 is 4.74 Å². The summed E-state index contributed by atoms with van der Waals surface area (Å²) in [6.07, 6.45) is 4.80. The number of ether oxygens (including phenoxy) is 1. The van der Waals surface area contributed by atoms with Crippen molar-refractivity contribution in [2.75, 3.05) is 32.5 Å². The quantitative estimate of drug-likeness (QED) is 0.776. The summed E-state index contributed by atoms with van der Waals surface area (Å²) < 4.78 is 32.4. The summed E-state index contributed by atoms with van der Waals surface area (Å²) in [4.78, 5) is 15.8. The second-order valence-electron chi connectivity index (χ2n) is 6.24. The van der Waals surface area contributed by atoms with Crippen molar-refractivity contribution in [1.29, 1.82) is 0 Å². The van der Waals surface area contributed by atoms with Gasteiger partial charge in [0.1, 0.15) is 18.2 Å². The average Bonchev–Trinajstić information content (AvgIpc) is 2.60. The van der Waals surface area contributed by atoms with Crippen LogP contribution in [0, 0.1) is 6.92 Å². The third-order valence-electron chi connectivity index (χ3n) is 4.10. The lowest BCUT2D eigenvalue weighted by Crippen LogP contribution is -2.39. The van der Waals surface area contributed by atoms with Gasteiger partial charge in [-0.3, -0.25) is 4.79 Å². The van der Waals surface area contributed by atoms with E-state index in [4.69, 9.17) is 4.74 Å². The van der Waals surface area contributed by atoms with E-state index in [0.29, 0.717) is 31.1 Å². The fraction of sp³-hybridized carbons (Fsp3) is 0.333. The molecule has 0 bridgehead atoms. The Balaban J connectivity index is 1.57. The van der Waals surface area contributed by atoms with Crippen LogP contribution in [0.25, 0.3) is 0 Å². The van der Waals surface area contributed by atoms with Gasteiger partial charge < -0.3 is 14.5 Å². The lowest BCUT2D eigenvalue weighted by atomic mass is 10.1. The van der Waals surface area contributed by atoms with Crippen molar-refractivity contribution >= 4 is 21.8 Å². The minimum Gasteiger partial charge on any atom is -0.492 e. The number of nitrogens with zero attached hydrogens (tertiary/aromatic N) is 3. The molecular formula is C18H21N3O4S. The van der Waals surface area contributed by atoms with Gasteiger partial charge in [-0.05, 0) is 36.8 Å². The number of fused-ring (bicyclic) bond motifs is 1. The molecule has 7 nitrogen and oxygen atoms in total. The van der Waals surface area contributed by atoms with Crippen LogP contribution in [0.4, 0.5) is 0 Å². The predicted molar refractivity (Wildman–Crippen MR) is 99.5 cm³/mol. The van der Waals surface area contributed by atoms with Gasteiger partial charge in [0, 0.05) is 19.8 Å². The number of amidine groups is 1. The highest BCUT2D eigenvalue weighted by atomic mass is 32.2. The molecule has 0 radical (unpaired) electrons. The lowest BCUT2D eigenvalue weighted by molar-refractivity contribution is -0.125. The molecule has 0 aliphatic carbocycles. The first-order chi connectivity index (χ1) is 12.3. The number of hydrogen-bond acceptors (Lipinski definition) is 5. The van der Waals surface area contributed by atoms with Gasteiger partial charge in [0.15, 0.2) is 0 Å². The molecule has 3 rings (SSSR count). The normalized spacial score (nSPS) is 17.8. The molecule has 0 atom stereocenters. The van der Waals surface area contributed by atoms with Gasteiger partial charge in [-0.25, -0.2) is 8.42 Å². The summed E-state index contributed by atoms with van der Waals surface area (Å²) in [5.74, 6) is 0.917. The zero-order chi connectivity index (χ0) is 18.7. The number of rotatable bonds is 5. The third-order valence-corrected chi connectivity index (χ3v) is 5.27. The Morgan fingerprint density at radius 1 is 1.35 bits per heavy atom. The molecule has 8 heteroatoms. The van der Waals surface area contributed by atoms with E-state index in [1.165, 1.54) is 0 Å². The largest absolute Gasteiger partial charge is 0.492 e. The molecule has 26 heavy (non-hydrogen) atoms. The fourth-order valence-electron chi connectivity index (χ4n) is 2.65. The first-order valence-corrected chi connectivity index (χ1v) is 9.89. The van der Waals surface area contributed by atoms with Crippen molar-refractivity contribution in [3.63, 3.8) is 0 Å². The number of hydrogen-bond donors (Lipinski definition) is 0. The summed E-state index contributed by atoms with van der Waals surface area (Å²) in [6.45, 7) is 3.11. The van der Waals surface area contributed by atoms with Crippen molar-refractivity contribution in [3.8, 4) is 5.75 Å². The van der Waals surface area contributed by atoms with Crippen molar-refractivity contribution in [3.05, 3.63) is 53.8 Å². The Morgan fingerprint density at radius 3 is 2.92 bits per heavy atom. The highest BCUT2D eigenvalue weighted by molar-refractivity contribution is 7.90. The van der Waals surface area contributed by atoms with E-state index < -0.39 is 10.0 Å². The summed E-state index contributed by atoms with van der Waals surface area (Å²) in [5.41, 5.74) is 1.60. The smallest absolute Gasteiger partial charge is 0.256 e. The Morgan fingerprint density at radius 2 is 2.15 bits per heavy atom. The monoisotopic (exact) mass is 375 g/mol. The van der Waals surface area contributed by atoms with Crippen LogP contribution in [-0.4, -0.2) is 62.5 Å². The Kier molecular flexibility index (Phi) is 5.13. The van der Waals surface area contributed by atoms with E-state index in [9.17, 15) is 13.2 Å². The maximum atomic E-state index is 12.6. The summed E-state index contributed by atoms with van der Waals surface area (Å²) in [7, 11) is -1.69. The molecule has 0 unspecified atom stereocenters. The second kappa shape index (κ2) is 7.33. The first kappa shape index (κ1) is 18.2. The van der Waals surface area contributed by atoms with E-state index in [0.717, 1.165) is 11.3 Å². The topological polar surface area (TPSA) is 79.3 Å². The SMILES string of the molecule is Cc1cccc(OCCN(C)C(=O)C2=CN3CCS(=O)(=O)N=C3C=C2)c1. The van der Waals surface area contributed by atoms with Crippen LogP contribution in [0.1, 0.15) is 5.56 Å². The molecule has 0 saturated carbocycles. The van der Waals surface area contributed by atoms with Crippen LogP contribution in [0.3, 0.4) is 0 Å². The molecule has 1 aromatic rings. The number of aryl methyl sites for hydroxylation is 1. The van der Waals surface area contributed by atoms with E-state index in [1.54, 1.807) is 35.2 Å². The Hall–Kier alpha value is -2.61. The highest BCUT2D eigenvalue weighted by Crippen LogP contribution is 2.17. The van der Waals surface area contributed by atoms with E-state index in [-0.39, 0.29) is 11.7 Å². The van der Waals surface area contributed by atoms with Crippen LogP contribution in [0.15, 0.2) is 52.6 Å².